The average Bonchev–Trinajstić information content (AvgIpc) is 3.43. The molecule has 2 aromatic rings. The van der Waals surface area contributed by atoms with E-state index >= 15 is 0 Å². The summed E-state index contributed by atoms with van der Waals surface area (Å²) in [6.07, 6.45) is 4.29. The van der Waals surface area contributed by atoms with Crippen molar-refractivity contribution in [2.75, 3.05) is 25.1 Å². The molecule has 1 N–H and O–H groups in total. The van der Waals surface area contributed by atoms with Crippen LogP contribution in [0.1, 0.15) is 5.56 Å². The van der Waals surface area contributed by atoms with Gasteiger partial charge in [-0.3, -0.25) is 9.59 Å². The van der Waals surface area contributed by atoms with Crippen LogP contribution >= 0.6 is 0 Å². The first-order chi connectivity index (χ1) is 14.6. The summed E-state index contributed by atoms with van der Waals surface area (Å²) in [6, 6.07) is 17.4. The number of methoxy groups -OCH3 is 1. The van der Waals surface area contributed by atoms with Crippen LogP contribution < -0.4 is 15.0 Å². The minimum atomic E-state index is -0.699. The fourth-order valence-electron chi connectivity index (χ4n) is 4.86. The number of hydrogen-bond donors (Lipinski definition) is 1. The van der Waals surface area contributed by atoms with Crippen molar-refractivity contribution in [2.24, 2.45) is 11.8 Å². The lowest BCUT2D eigenvalue weighted by molar-refractivity contribution is -0.131. The van der Waals surface area contributed by atoms with Crippen molar-refractivity contribution in [1.82, 2.24) is 5.32 Å². The molecule has 2 bridgehead atoms. The van der Waals surface area contributed by atoms with Crippen LogP contribution in [0.5, 0.6) is 5.75 Å². The largest absolute Gasteiger partial charge is 0.497 e. The van der Waals surface area contributed by atoms with E-state index in [0.29, 0.717) is 19.5 Å². The number of para-hydroxylation sites is 1. The van der Waals surface area contributed by atoms with Gasteiger partial charge in [-0.2, -0.15) is 0 Å². The smallest absolute Gasteiger partial charge is 0.234 e. The van der Waals surface area contributed by atoms with Crippen molar-refractivity contribution in [1.29, 1.82) is 0 Å². The summed E-state index contributed by atoms with van der Waals surface area (Å²) in [5, 5.41) is 3.02. The van der Waals surface area contributed by atoms with Gasteiger partial charge in [-0.1, -0.05) is 42.5 Å². The van der Waals surface area contributed by atoms with Gasteiger partial charge >= 0.3 is 0 Å². The van der Waals surface area contributed by atoms with Crippen molar-refractivity contribution >= 4 is 17.5 Å². The summed E-state index contributed by atoms with van der Waals surface area (Å²) in [4.78, 5) is 28.0. The Labute approximate surface area is 175 Å². The summed E-state index contributed by atoms with van der Waals surface area (Å²) < 4.78 is 11.4. The standard InChI is InChI=1S/C24H24N2O4/c1-29-18-9-7-16(8-10-18)12-14-25-22(27)20-19-11-13-24(30-19)15-26(23(28)21(20)24)17-5-3-2-4-6-17/h2-11,13,19-21H,12,14-15H2,1H3,(H,25,27)/t19-,20+,21-,24-/m0/s1. The zero-order chi connectivity index (χ0) is 20.7. The molecule has 2 amide bonds. The number of amides is 2. The number of fused-ring (bicyclic) bond motifs is 1. The fourth-order valence-corrected chi connectivity index (χ4v) is 4.86. The lowest BCUT2D eigenvalue weighted by Crippen LogP contribution is -2.44. The summed E-state index contributed by atoms with van der Waals surface area (Å²) in [5.41, 5.74) is 1.25. The third-order valence-electron chi connectivity index (χ3n) is 6.34. The van der Waals surface area contributed by atoms with Crippen molar-refractivity contribution in [2.45, 2.75) is 18.1 Å². The Balaban J connectivity index is 1.27. The molecule has 2 fully saturated rings. The molecule has 6 heteroatoms. The molecule has 6 nitrogen and oxygen atoms in total. The van der Waals surface area contributed by atoms with E-state index in [1.54, 1.807) is 12.0 Å². The van der Waals surface area contributed by atoms with E-state index in [-0.39, 0.29) is 17.9 Å². The lowest BCUT2D eigenvalue weighted by atomic mass is 9.77. The minimum Gasteiger partial charge on any atom is -0.497 e. The maximum Gasteiger partial charge on any atom is 0.234 e. The summed E-state index contributed by atoms with van der Waals surface area (Å²) in [7, 11) is 1.64. The number of ether oxygens (including phenoxy) is 2. The number of nitrogens with zero attached hydrogens (tertiary/aromatic N) is 1. The molecule has 0 radical (unpaired) electrons. The number of rotatable bonds is 6. The third-order valence-corrected chi connectivity index (χ3v) is 6.34. The second kappa shape index (κ2) is 7.29. The van der Waals surface area contributed by atoms with Gasteiger partial charge < -0.3 is 19.7 Å². The monoisotopic (exact) mass is 404 g/mol. The van der Waals surface area contributed by atoms with Crippen LogP contribution in [0.25, 0.3) is 0 Å². The molecule has 3 aliphatic heterocycles. The Morgan fingerprint density at radius 2 is 1.97 bits per heavy atom. The minimum absolute atomic E-state index is 0.0386. The molecule has 2 saturated heterocycles. The van der Waals surface area contributed by atoms with Gasteiger partial charge in [-0.25, -0.2) is 0 Å². The highest BCUT2D eigenvalue weighted by atomic mass is 16.5. The van der Waals surface area contributed by atoms with Gasteiger partial charge in [0.1, 0.15) is 11.4 Å². The highest BCUT2D eigenvalue weighted by Gasteiger charge is 2.66. The van der Waals surface area contributed by atoms with E-state index in [9.17, 15) is 9.59 Å². The molecule has 154 valence electrons. The molecule has 4 atom stereocenters. The van der Waals surface area contributed by atoms with Crippen molar-refractivity contribution in [3.8, 4) is 5.75 Å². The molecule has 5 rings (SSSR count). The van der Waals surface area contributed by atoms with Gasteiger partial charge in [0.05, 0.1) is 31.6 Å². The number of hydrogen-bond acceptors (Lipinski definition) is 4. The van der Waals surface area contributed by atoms with Gasteiger partial charge in [0, 0.05) is 12.2 Å². The molecule has 0 aromatic heterocycles. The van der Waals surface area contributed by atoms with Gasteiger partial charge in [0.25, 0.3) is 0 Å². The first-order valence-electron chi connectivity index (χ1n) is 10.3. The van der Waals surface area contributed by atoms with E-state index in [0.717, 1.165) is 17.0 Å². The Bertz CT molecular complexity index is 988. The average molecular weight is 404 g/mol. The van der Waals surface area contributed by atoms with Crippen LogP contribution in [0.4, 0.5) is 5.69 Å². The van der Waals surface area contributed by atoms with Crippen LogP contribution in [0, 0.1) is 11.8 Å². The SMILES string of the molecule is COc1ccc(CCNC(=O)[C@@H]2[C@@H]3C=C[C@@]4(CN(c5ccccc5)C(=O)[C@H]24)O3)cc1. The van der Waals surface area contributed by atoms with Gasteiger partial charge in [0.2, 0.25) is 11.8 Å². The van der Waals surface area contributed by atoms with Gasteiger partial charge in [-0.15, -0.1) is 0 Å². The lowest BCUT2D eigenvalue weighted by Gasteiger charge is -2.23. The van der Waals surface area contributed by atoms with Gasteiger partial charge in [0.15, 0.2) is 0 Å². The summed E-state index contributed by atoms with van der Waals surface area (Å²) in [6.45, 7) is 0.956. The first-order valence-corrected chi connectivity index (χ1v) is 10.3. The van der Waals surface area contributed by atoms with Crippen LogP contribution in [-0.4, -0.2) is 43.7 Å². The van der Waals surface area contributed by atoms with Gasteiger partial charge in [-0.05, 0) is 36.2 Å². The Morgan fingerprint density at radius 3 is 2.70 bits per heavy atom. The number of carbonyl (C=O) groups is 2. The fraction of sp³-hybridized carbons (Fsp3) is 0.333. The molecule has 2 aromatic carbocycles. The molecular weight excluding hydrogens is 380 g/mol. The first kappa shape index (κ1) is 18.9. The quantitative estimate of drug-likeness (QED) is 0.751. The highest BCUT2D eigenvalue weighted by Crippen LogP contribution is 2.52. The molecule has 0 saturated carbocycles. The predicted octanol–water partition coefficient (Wildman–Crippen LogP) is 2.34. The third kappa shape index (κ3) is 2.99. The maximum atomic E-state index is 13.3. The topological polar surface area (TPSA) is 67.9 Å². The molecule has 3 heterocycles. The van der Waals surface area contributed by atoms with Crippen LogP contribution in [0.2, 0.25) is 0 Å². The molecule has 0 aliphatic carbocycles. The molecule has 3 aliphatic rings. The number of anilines is 1. The highest BCUT2D eigenvalue weighted by molar-refractivity contribution is 6.03. The Morgan fingerprint density at radius 1 is 1.20 bits per heavy atom. The summed E-state index contributed by atoms with van der Waals surface area (Å²) >= 11 is 0. The second-order valence-electron chi connectivity index (χ2n) is 8.05. The predicted molar refractivity (Wildman–Crippen MR) is 112 cm³/mol. The Hall–Kier alpha value is -3.12. The van der Waals surface area contributed by atoms with E-state index in [2.05, 4.69) is 5.32 Å². The van der Waals surface area contributed by atoms with Crippen LogP contribution in [-0.2, 0) is 20.7 Å². The normalized spacial score (nSPS) is 28.6. The van der Waals surface area contributed by atoms with Crippen molar-refractivity contribution < 1.29 is 19.1 Å². The summed E-state index contributed by atoms with van der Waals surface area (Å²) in [5.74, 6) is -0.321. The van der Waals surface area contributed by atoms with E-state index in [4.69, 9.17) is 9.47 Å². The van der Waals surface area contributed by atoms with Crippen molar-refractivity contribution in [3.05, 3.63) is 72.3 Å². The number of nitrogens with one attached hydrogen (secondary N) is 1. The zero-order valence-electron chi connectivity index (χ0n) is 16.8. The Kier molecular flexibility index (Phi) is 4.59. The van der Waals surface area contributed by atoms with Crippen LogP contribution in [0.3, 0.4) is 0 Å². The van der Waals surface area contributed by atoms with E-state index in [1.165, 1.54) is 0 Å². The molecular formula is C24H24N2O4. The van der Waals surface area contributed by atoms with Crippen molar-refractivity contribution in [3.63, 3.8) is 0 Å². The second-order valence-corrected chi connectivity index (χ2v) is 8.05. The number of carbonyl (C=O) groups excluding carboxylic acids is 2. The molecule has 30 heavy (non-hydrogen) atoms. The molecule has 0 unspecified atom stereocenters. The molecule has 1 spiro atoms. The zero-order valence-corrected chi connectivity index (χ0v) is 16.8. The van der Waals surface area contributed by atoms with E-state index in [1.807, 2.05) is 66.7 Å². The van der Waals surface area contributed by atoms with E-state index < -0.39 is 17.4 Å². The maximum absolute atomic E-state index is 13.3. The van der Waals surface area contributed by atoms with Crippen LogP contribution in [0.15, 0.2) is 66.7 Å². The number of benzene rings is 2.